The summed E-state index contributed by atoms with van der Waals surface area (Å²) in [6, 6.07) is 7.52. The highest BCUT2D eigenvalue weighted by atomic mass is 16.2. The third-order valence-corrected chi connectivity index (χ3v) is 6.32. The lowest BCUT2D eigenvalue weighted by Crippen LogP contribution is -2.44. The van der Waals surface area contributed by atoms with Crippen LogP contribution in [-0.4, -0.2) is 40.4 Å². The summed E-state index contributed by atoms with van der Waals surface area (Å²) in [7, 11) is 1.87. The molecular formula is C21H28N4O2. The van der Waals surface area contributed by atoms with Gasteiger partial charge in [0.1, 0.15) is 5.82 Å². The zero-order valence-electron chi connectivity index (χ0n) is 16.1. The highest BCUT2D eigenvalue weighted by molar-refractivity contribution is 5.78. The van der Waals surface area contributed by atoms with E-state index >= 15 is 0 Å². The van der Waals surface area contributed by atoms with Gasteiger partial charge in [-0.2, -0.15) is 0 Å². The lowest BCUT2D eigenvalue weighted by molar-refractivity contribution is -0.123. The molecular weight excluding hydrogens is 340 g/mol. The fourth-order valence-corrected chi connectivity index (χ4v) is 5.08. The lowest BCUT2D eigenvalue weighted by atomic mass is 9.84. The molecule has 1 aromatic heterocycles. The van der Waals surface area contributed by atoms with Gasteiger partial charge in [0, 0.05) is 6.04 Å². The van der Waals surface area contributed by atoms with Crippen molar-refractivity contribution >= 4 is 16.8 Å². The summed E-state index contributed by atoms with van der Waals surface area (Å²) in [5.41, 5.74) is 0.539. The minimum atomic E-state index is -0.140. The van der Waals surface area contributed by atoms with E-state index in [-0.39, 0.29) is 17.5 Å². The molecule has 4 atom stereocenters. The van der Waals surface area contributed by atoms with Crippen LogP contribution in [-0.2, 0) is 11.3 Å². The number of nitrogens with one attached hydrogen (secondary N) is 2. The van der Waals surface area contributed by atoms with Crippen molar-refractivity contribution in [3.05, 3.63) is 40.4 Å². The van der Waals surface area contributed by atoms with Crippen LogP contribution in [0.25, 0.3) is 10.9 Å². The molecule has 2 saturated carbocycles. The first-order valence-corrected chi connectivity index (χ1v) is 9.95. The van der Waals surface area contributed by atoms with E-state index in [1.54, 1.807) is 6.07 Å². The Labute approximate surface area is 159 Å². The smallest absolute Gasteiger partial charge is 0.258 e. The fraction of sp³-hybridized carbons (Fsp3) is 0.571. The number of aromatic amines is 1. The quantitative estimate of drug-likeness (QED) is 0.820. The number of hydrogen-bond donors (Lipinski definition) is 2. The molecule has 2 fully saturated rings. The van der Waals surface area contributed by atoms with Gasteiger partial charge in [0.25, 0.3) is 5.56 Å². The van der Waals surface area contributed by atoms with E-state index in [2.05, 4.69) is 22.2 Å². The van der Waals surface area contributed by atoms with Crippen LogP contribution in [0.3, 0.4) is 0 Å². The maximum atomic E-state index is 12.5. The van der Waals surface area contributed by atoms with Crippen molar-refractivity contribution in [3.63, 3.8) is 0 Å². The first kappa shape index (κ1) is 18.2. The number of aromatic nitrogens is 2. The molecule has 1 aromatic carbocycles. The normalized spacial score (nSPS) is 25.2. The Kier molecular flexibility index (Phi) is 5.00. The van der Waals surface area contributed by atoms with E-state index in [1.165, 1.54) is 25.7 Å². The van der Waals surface area contributed by atoms with Gasteiger partial charge in [-0.25, -0.2) is 4.98 Å². The maximum absolute atomic E-state index is 12.5. The van der Waals surface area contributed by atoms with E-state index in [0.717, 1.165) is 11.8 Å². The van der Waals surface area contributed by atoms with Gasteiger partial charge < -0.3 is 10.3 Å². The molecule has 2 aliphatic carbocycles. The molecule has 0 unspecified atom stereocenters. The molecule has 27 heavy (non-hydrogen) atoms. The number of carbonyl (C=O) groups excluding carboxylic acids is 1. The van der Waals surface area contributed by atoms with Crippen LogP contribution >= 0.6 is 0 Å². The van der Waals surface area contributed by atoms with Crippen molar-refractivity contribution in [1.29, 1.82) is 0 Å². The van der Waals surface area contributed by atoms with Crippen molar-refractivity contribution in [3.8, 4) is 0 Å². The molecule has 0 aliphatic heterocycles. The van der Waals surface area contributed by atoms with Gasteiger partial charge in [0.15, 0.2) is 0 Å². The van der Waals surface area contributed by atoms with Gasteiger partial charge in [-0.15, -0.1) is 0 Å². The summed E-state index contributed by atoms with van der Waals surface area (Å²) in [6.45, 7) is 2.86. The van der Waals surface area contributed by atoms with Crippen LogP contribution in [0.5, 0.6) is 0 Å². The standard InChI is InChI=1S/C21H28N4O2/c1-13(17-10-14-7-8-15(17)9-14)22-20(26)12-25(2)11-19-23-18-6-4-3-5-16(18)21(27)24-19/h3-6,13-15,17H,7-12H2,1-2H3,(H,22,26)(H,23,24,27)/t13-,14+,15+,17-/m1/s1. The predicted molar refractivity (Wildman–Crippen MR) is 105 cm³/mol. The predicted octanol–water partition coefficient (Wildman–Crippen LogP) is 2.30. The number of amides is 1. The summed E-state index contributed by atoms with van der Waals surface area (Å²) >= 11 is 0. The SMILES string of the molecule is C[C@@H](NC(=O)CN(C)Cc1nc2ccccc2c(=O)[nH]1)[C@H]1C[C@H]2CC[C@H]1C2. The molecule has 2 N–H and O–H groups in total. The average Bonchev–Trinajstić information content (AvgIpc) is 3.24. The van der Waals surface area contributed by atoms with Crippen LogP contribution in [0.15, 0.2) is 29.1 Å². The van der Waals surface area contributed by atoms with Crippen LogP contribution in [0.4, 0.5) is 0 Å². The van der Waals surface area contributed by atoms with E-state index in [4.69, 9.17) is 0 Å². The van der Waals surface area contributed by atoms with Crippen LogP contribution in [0.1, 0.15) is 38.4 Å². The molecule has 0 radical (unpaired) electrons. The third-order valence-electron chi connectivity index (χ3n) is 6.32. The molecule has 4 rings (SSSR count). The number of H-pyrrole nitrogens is 1. The van der Waals surface area contributed by atoms with Crippen LogP contribution in [0.2, 0.25) is 0 Å². The second kappa shape index (κ2) is 7.43. The number of nitrogens with zero attached hydrogens (tertiary/aromatic N) is 2. The van der Waals surface area contributed by atoms with Gasteiger partial charge >= 0.3 is 0 Å². The molecule has 0 saturated heterocycles. The Balaban J connectivity index is 1.33. The van der Waals surface area contributed by atoms with E-state index in [9.17, 15) is 9.59 Å². The summed E-state index contributed by atoms with van der Waals surface area (Å²) in [5, 5.41) is 3.78. The topological polar surface area (TPSA) is 78.1 Å². The Morgan fingerprint density at radius 1 is 1.33 bits per heavy atom. The molecule has 6 nitrogen and oxygen atoms in total. The second-order valence-electron chi connectivity index (χ2n) is 8.40. The Bertz CT molecular complexity index is 893. The Morgan fingerprint density at radius 2 is 2.15 bits per heavy atom. The first-order valence-electron chi connectivity index (χ1n) is 9.95. The van der Waals surface area contributed by atoms with E-state index in [1.807, 2.05) is 30.1 Å². The monoisotopic (exact) mass is 368 g/mol. The van der Waals surface area contributed by atoms with Crippen molar-refractivity contribution in [1.82, 2.24) is 20.2 Å². The van der Waals surface area contributed by atoms with Crippen molar-refractivity contribution < 1.29 is 4.79 Å². The minimum Gasteiger partial charge on any atom is -0.352 e. The Hall–Kier alpha value is -2.21. The zero-order valence-corrected chi connectivity index (χ0v) is 16.1. The van der Waals surface area contributed by atoms with Crippen molar-refractivity contribution in [2.45, 2.75) is 45.2 Å². The molecule has 2 bridgehead atoms. The summed E-state index contributed by atoms with van der Waals surface area (Å²) in [5.74, 6) is 2.94. The van der Waals surface area contributed by atoms with Crippen LogP contribution < -0.4 is 10.9 Å². The highest BCUT2D eigenvalue weighted by Gasteiger charge is 2.42. The van der Waals surface area contributed by atoms with Gasteiger partial charge in [-0.3, -0.25) is 14.5 Å². The van der Waals surface area contributed by atoms with E-state index < -0.39 is 0 Å². The largest absolute Gasteiger partial charge is 0.352 e. The number of likely N-dealkylation sites (N-methyl/N-ethyl adjacent to an activating group) is 1. The molecule has 1 heterocycles. The summed E-state index contributed by atoms with van der Waals surface area (Å²) in [6.07, 6.45) is 5.33. The molecule has 6 heteroatoms. The van der Waals surface area contributed by atoms with Crippen LogP contribution in [0, 0.1) is 17.8 Å². The third kappa shape index (κ3) is 3.90. The van der Waals surface area contributed by atoms with E-state index in [0.29, 0.717) is 35.7 Å². The molecule has 0 spiro atoms. The van der Waals surface area contributed by atoms with Gasteiger partial charge in [-0.1, -0.05) is 18.6 Å². The summed E-state index contributed by atoms with van der Waals surface area (Å²) in [4.78, 5) is 33.8. The number of benzene rings is 1. The van der Waals surface area contributed by atoms with Gasteiger partial charge in [0.2, 0.25) is 5.91 Å². The average molecular weight is 368 g/mol. The number of para-hydroxylation sites is 1. The summed E-state index contributed by atoms with van der Waals surface area (Å²) < 4.78 is 0. The van der Waals surface area contributed by atoms with Gasteiger partial charge in [0.05, 0.1) is 24.0 Å². The lowest BCUT2D eigenvalue weighted by Gasteiger charge is -2.29. The Morgan fingerprint density at radius 3 is 2.89 bits per heavy atom. The number of fused-ring (bicyclic) bond motifs is 3. The number of rotatable bonds is 6. The van der Waals surface area contributed by atoms with Crippen molar-refractivity contribution in [2.75, 3.05) is 13.6 Å². The first-order chi connectivity index (χ1) is 13.0. The molecule has 144 valence electrons. The molecule has 1 amide bonds. The fourth-order valence-electron chi connectivity index (χ4n) is 5.08. The molecule has 2 aliphatic rings. The maximum Gasteiger partial charge on any atom is 0.258 e. The van der Waals surface area contributed by atoms with Crippen molar-refractivity contribution in [2.24, 2.45) is 17.8 Å². The number of carbonyl (C=O) groups is 1. The highest BCUT2D eigenvalue weighted by Crippen LogP contribution is 2.49. The number of hydrogen-bond acceptors (Lipinski definition) is 4. The zero-order chi connectivity index (χ0) is 19.0. The molecule has 2 aromatic rings. The van der Waals surface area contributed by atoms with Gasteiger partial charge in [-0.05, 0) is 63.1 Å². The minimum absolute atomic E-state index is 0.0379. The second-order valence-corrected chi connectivity index (χ2v) is 8.40.